The van der Waals surface area contributed by atoms with E-state index in [1.54, 1.807) is 24.1 Å². The van der Waals surface area contributed by atoms with Gasteiger partial charge < -0.3 is 9.64 Å². The van der Waals surface area contributed by atoms with Crippen molar-refractivity contribution in [1.82, 2.24) is 9.62 Å². The predicted octanol–water partition coefficient (Wildman–Crippen LogP) is 2.37. The summed E-state index contributed by atoms with van der Waals surface area (Å²) in [6.45, 7) is 0.493. The fourth-order valence-corrected chi connectivity index (χ4v) is 4.43. The summed E-state index contributed by atoms with van der Waals surface area (Å²) >= 11 is 0. The molecule has 0 bridgehead atoms. The predicted molar refractivity (Wildman–Crippen MR) is 103 cm³/mol. The quantitative estimate of drug-likeness (QED) is 0.739. The van der Waals surface area contributed by atoms with Crippen LogP contribution >= 0.6 is 0 Å². The lowest BCUT2D eigenvalue weighted by Gasteiger charge is -2.25. The standard InChI is InChI=1S/C20H24N2O4S/c1-22(19-12-9-15-5-3-4-6-18(15)19)20(23)16-7-10-17(11-8-16)27(24,25)21-13-14-26-2/h3-8,10-11,19,21H,9,12-14H2,1-2H3/t19-/m0/s1. The van der Waals surface area contributed by atoms with E-state index in [9.17, 15) is 13.2 Å². The van der Waals surface area contributed by atoms with Crippen LogP contribution in [0.2, 0.25) is 0 Å². The molecule has 0 heterocycles. The van der Waals surface area contributed by atoms with Crippen LogP contribution in [0.1, 0.15) is 33.9 Å². The zero-order valence-corrected chi connectivity index (χ0v) is 16.3. The van der Waals surface area contributed by atoms with E-state index in [1.807, 2.05) is 12.1 Å². The first-order valence-corrected chi connectivity index (χ1v) is 10.4. The maximum absolute atomic E-state index is 12.9. The zero-order chi connectivity index (χ0) is 19.4. The Bertz CT molecular complexity index is 910. The van der Waals surface area contributed by atoms with Gasteiger partial charge in [0.1, 0.15) is 0 Å². The van der Waals surface area contributed by atoms with Gasteiger partial charge in [-0.1, -0.05) is 24.3 Å². The summed E-state index contributed by atoms with van der Waals surface area (Å²) < 4.78 is 31.7. The number of rotatable bonds is 7. The minimum atomic E-state index is -3.61. The molecule has 0 fully saturated rings. The Morgan fingerprint density at radius 1 is 1.19 bits per heavy atom. The Morgan fingerprint density at radius 2 is 1.89 bits per heavy atom. The van der Waals surface area contributed by atoms with Crippen molar-refractivity contribution in [2.75, 3.05) is 27.3 Å². The first-order chi connectivity index (χ1) is 12.9. The van der Waals surface area contributed by atoms with Crippen molar-refractivity contribution >= 4 is 15.9 Å². The van der Waals surface area contributed by atoms with Crippen LogP contribution in [0.15, 0.2) is 53.4 Å². The largest absolute Gasteiger partial charge is 0.383 e. The van der Waals surface area contributed by atoms with Crippen LogP contribution < -0.4 is 4.72 Å². The second kappa shape index (κ2) is 8.21. The number of amides is 1. The fraction of sp³-hybridized carbons (Fsp3) is 0.350. The van der Waals surface area contributed by atoms with Crippen LogP contribution in [0.4, 0.5) is 0 Å². The van der Waals surface area contributed by atoms with Gasteiger partial charge in [0.25, 0.3) is 5.91 Å². The van der Waals surface area contributed by atoms with E-state index in [1.165, 1.54) is 30.4 Å². The van der Waals surface area contributed by atoms with E-state index in [4.69, 9.17) is 4.74 Å². The van der Waals surface area contributed by atoms with Crippen LogP contribution in [0.25, 0.3) is 0 Å². The fourth-order valence-electron chi connectivity index (χ4n) is 3.42. The first-order valence-electron chi connectivity index (χ1n) is 8.87. The summed E-state index contributed by atoms with van der Waals surface area (Å²) in [6, 6.07) is 14.3. The van der Waals surface area contributed by atoms with Crippen LogP contribution in [-0.2, 0) is 21.2 Å². The van der Waals surface area contributed by atoms with E-state index in [-0.39, 0.29) is 23.4 Å². The van der Waals surface area contributed by atoms with Gasteiger partial charge in [0.05, 0.1) is 17.5 Å². The Hall–Kier alpha value is -2.22. The second-order valence-corrected chi connectivity index (χ2v) is 8.35. The Morgan fingerprint density at radius 3 is 2.59 bits per heavy atom. The lowest BCUT2D eigenvalue weighted by Crippen LogP contribution is -2.30. The molecule has 3 rings (SSSR count). The molecule has 6 nitrogen and oxygen atoms in total. The van der Waals surface area contributed by atoms with E-state index in [2.05, 4.69) is 16.9 Å². The molecular weight excluding hydrogens is 364 g/mol. The highest BCUT2D eigenvalue weighted by atomic mass is 32.2. The lowest BCUT2D eigenvalue weighted by atomic mass is 10.1. The Balaban J connectivity index is 1.73. The monoisotopic (exact) mass is 388 g/mol. The molecule has 0 aromatic heterocycles. The van der Waals surface area contributed by atoms with Crippen molar-refractivity contribution in [3.63, 3.8) is 0 Å². The third kappa shape index (κ3) is 4.21. The van der Waals surface area contributed by atoms with Crippen LogP contribution in [0.5, 0.6) is 0 Å². The summed E-state index contributed by atoms with van der Waals surface area (Å²) in [5.74, 6) is -0.118. The van der Waals surface area contributed by atoms with Crippen LogP contribution in [0, 0.1) is 0 Å². The summed E-state index contributed by atoms with van der Waals surface area (Å²) in [6.07, 6.45) is 1.86. The van der Waals surface area contributed by atoms with E-state index in [0.717, 1.165) is 12.8 Å². The number of aryl methyl sites for hydroxylation is 1. The number of fused-ring (bicyclic) bond motifs is 1. The second-order valence-electron chi connectivity index (χ2n) is 6.58. The molecule has 0 unspecified atom stereocenters. The number of carbonyl (C=O) groups is 1. The molecule has 2 aromatic carbocycles. The summed E-state index contributed by atoms with van der Waals surface area (Å²) in [5, 5.41) is 0. The number of sulfonamides is 1. The third-order valence-corrected chi connectivity index (χ3v) is 6.38. The molecule has 1 N–H and O–H groups in total. The maximum Gasteiger partial charge on any atom is 0.254 e. The molecule has 144 valence electrons. The molecule has 0 saturated carbocycles. The highest BCUT2D eigenvalue weighted by Gasteiger charge is 2.29. The van der Waals surface area contributed by atoms with Gasteiger partial charge >= 0.3 is 0 Å². The first kappa shape index (κ1) is 19.5. The normalized spacial score (nSPS) is 16.1. The minimum absolute atomic E-state index is 0.0489. The smallest absolute Gasteiger partial charge is 0.254 e. The van der Waals surface area contributed by atoms with Gasteiger partial charge in [0, 0.05) is 26.3 Å². The molecule has 2 aromatic rings. The highest BCUT2D eigenvalue weighted by molar-refractivity contribution is 7.89. The molecule has 0 aliphatic heterocycles. The van der Waals surface area contributed by atoms with Gasteiger partial charge in [0.15, 0.2) is 0 Å². The van der Waals surface area contributed by atoms with Gasteiger partial charge in [-0.25, -0.2) is 13.1 Å². The number of ether oxygens (including phenoxy) is 1. The molecule has 1 aliphatic carbocycles. The van der Waals surface area contributed by atoms with Gasteiger partial charge in [-0.15, -0.1) is 0 Å². The molecule has 1 aliphatic rings. The summed E-state index contributed by atoms with van der Waals surface area (Å²) in [5.41, 5.74) is 2.94. The van der Waals surface area contributed by atoms with Crippen molar-refractivity contribution in [2.24, 2.45) is 0 Å². The van der Waals surface area contributed by atoms with E-state index in [0.29, 0.717) is 12.2 Å². The molecule has 0 radical (unpaired) electrons. The zero-order valence-electron chi connectivity index (χ0n) is 15.5. The molecule has 27 heavy (non-hydrogen) atoms. The highest BCUT2D eigenvalue weighted by Crippen LogP contribution is 2.35. The molecule has 0 saturated heterocycles. The van der Waals surface area contributed by atoms with Gasteiger partial charge in [-0.05, 0) is 48.2 Å². The third-order valence-electron chi connectivity index (χ3n) is 4.90. The van der Waals surface area contributed by atoms with Crippen LogP contribution in [0.3, 0.4) is 0 Å². The summed E-state index contributed by atoms with van der Waals surface area (Å²) in [7, 11) is -0.300. The van der Waals surface area contributed by atoms with Crippen LogP contribution in [-0.4, -0.2) is 46.5 Å². The maximum atomic E-state index is 12.9. The minimum Gasteiger partial charge on any atom is -0.383 e. The van der Waals surface area contributed by atoms with Gasteiger partial charge in [-0.2, -0.15) is 0 Å². The lowest BCUT2D eigenvalue weighted by molar-refractivity contribution is 0.0730. The number of nitrogens with one attached hydrogen (secondary N) is 1. The number of benzene rings is 2. The number of hydrogen-bond donors (Lipinski definition) is 1. The van der Waals surface area contributed by atoms with Crippen molar-refractivity contribution in [1.29, 1.82) is 0 Å². The van der Waals surface area contributed by atoms with Gasteiger partial charge in [0.2, 0.25) is 10.0 Å². The molecule has 0 spiro atoms. The van der Waals surface area contributed by atoms with E-state index >= 15 is 0 Å². The number of hydrogen-bond acceptors (Lipinski definition) is 4. The molecular formula is C20H24N2O4S. The SMILES string of the molecule is COCCNS(=O)(=O)c1ccc(C(=O)N(C)[C@H]2CCc3ccccc32)cc1. The topological polar surface area (TPSA) is 75.7 Å². The molecule has 1 amide bonds. The summed E-state index contributed by atoms with van der Waals surface area (Å²) in [4.78, 5) is 14.7. The number of carbonyl (C=O) groups excluding carboxylic acids is 1. The van der Waals surface area contributed by atoms with Crippen molar-refractivity contribution < 1.29 is 17.9 Å². The van der Waals surface area contributed by atoms with Gasteiger partial charge in [-0.3, -0.25) is 4.79 Å². The average molecular weight is 388 g/mol. The average Bonchev–Trinajstić information content (AvgIpc) is 3.11. The molecule has 1 atom stereocenters. The number of methoxy groups -OCH3 is 1. The van der Waals surface area contributed by atoms with Crippen molar-refractivity contribution in [3.05, 3.63) is 65.2 Å². The Kier molecular flexibility index (Phi) is 5.94. The molecule has 7 heteroatoms. The van der Waals surface area contributed by atoms with Crippen molar-refractivity contribution in [3.8, 4) is 0 Å². The number of nitrogens with zero attached hydrogens (tertiary/aromatic N) is 1. The Labute approximate surface area is 160 Å². The van der Waals surface area contributed by atoms with E-state index < -0.39 is 10.0 Å². The van der Waals surface area contributed by atoms with Crippen molar-refractivity contribution in [2.45, 2.75) is 23.8 Å².